The fraction of sp³-hybridized carbons (Fsp3) is 0.318. The molecule has 0 unspecified atom stereocenters. The molecule has 4 rings (SSSR count). The van der Waals surface area contributed by atoms with E-state index in [0.717, 1.165) is 22.6 Å². The Bertz CT molecular complexity index is 1120. The van der Waals surface area contributed by atoms with Crippen molar-refractivity contribution in [3.63, 3.8) is 0 Å². The number of hydrogen-bond acceptors (Lipinski definition) is 7. The molecule has 1 aliphatic rings. The molecule has 0 atom stereocenters. The van der Waals surface area contributed by atoms with E-state index in [4.69, 9.17) is 0 Å². The molecule has 166 valence electrons. The van der Waals surface area contributed by atoms with Crippen molar-refractivity contribution in [2.45, 2.75) is 12.1 Å². The molecule has 0 spiro atoms. The van der Waals surface area contributed by atoms with Gasteiger partial charge in [0.25, 0.3) is 5.69 Å². The highest BCUT2D eigenvalue weighted by Crippen LogP contribution is 2.25. The largest absolute Gasteiger partial charge is 0.368 e. The van der Waals surface area contributed by atoms with Crippen LogP contribution < -0.4 is 4.90 Å². The Balaban J connectivity index is 1.31. The molecule has 32 heavy (non-hydrogen) atoms. The summed E-state index contributed by atoms with van der Waals surface area (Å²) in [5.41, 5.74) is 3.17. The van der Waals surface area contributed by atoms with Gasteiger partial charge in [0, 0.05) is 56.6 Å². The van der Waals surface area contributed by atoms with Crippen molar-refractivity contribution in [3.05, 3.63) is 64.2 Å². The van der Waals surface area contributed by atoms with Gasteiger partial charge in [-0.15, -0.1) is 10.2 Å². The number of hydrogen-bond donors (Lipinski definition) is 0. The Morgan fingerprint density at radius 3 is 2.41 bits per heavy atom. The van der Waals surface area contributed by atoms with Crippen molar-refractivity contribution in [1.82, 2.24) is 19.7 Å². The maximum Gasteiger partial charge on any atom is 0.269 e. The van der Waals surface area contributed by atoms with Gasteiger partial charge in [-0.2, -0.15) is 0 Å². The average molecular weight is 453 g/mol. The molecular formula is C22H24N6O3S. The minimum atomic E-state index is -0.404. The minimum absolute atomic E-state index is 0.0683. The lowest BCUT2D eigenvalue weighted by atomic mass is 10.1. The number of aromatic nitrogens is 3. The SMILES string of the molecule is Cc1ccccc1-c1nnc(SCC(=O)N2CCN(c3ccc([N+](=O)[O-])cc3)CC2)n1C. The summed E-state index contributed by atoms with van der Waals surface area (Å²) in [6, 6.07) is 14.6. The summed E-state index contributed by atoms with van der Waals surface area (Å²) >= 11 is 1.39. The van der Waals surface area contributed by atoms with Gasteiger partial charge in [-0.3, -0.25) is 14.9 Å². The topological polar surface area (TPSA) is 97.4 Å². The van der Waals surface area contributed by atoms with Crippen molar-refractivity contribution >= 4 is 29.0 Å². The van der Waals surface area contributed by atoms with Gasteiger partial charge in [0.05, 0.1) is 10.7 Å². The first kappa shape index (κ1) is 21.8. The summed E-state index contributed by atoms with van der Waals surface area (Å²) in [4.78, 5) is 27.1. The van der Waals surface area contributed by atoms with E-state index >= 15 is 0 Å². The van der Waals surface area contributed by atoms with E-state index in [9.17, 15) is 14.9 Å². The summed E-state index contributed by atoms with van der Waals surface area (Å²) in [6.07, 6.45) is 0. The van der Waals surface area contributed by atoms with E-state index < -0.39 is 4.92 Å². The van der Waals surface area contributed by atoms with Crippen LogP contribution in [0.4, 0.5) is 11.4 Å². The summed E-state index contributed by atoms with van der Waals surface area (Å²) in [7, 11) is 1.91. The predicted octanol–water partition coefficient (Wildman–Crippen LogP) is 3.14. The second kappa shape index (κ2) is 9.39. The maximum absolute atomic E-state index is 12.7. The van der Waals surface area contributed by atoms with Crippen LogP contribution >= 0.6 is 11.8 Å². The van der Waals surface area contributed by atoms with Gasteiger partial charge in [0.2, 0.25) is 5.91 Å². The van der Waals surface area contributed by atoms with E-state index in [1.165, 1.54) is 23.9 Å². The fourth-order valence-corrected chi connectivity index (χ4v) is 4.53. The Labute approximate surface area is 190 Å². The van der Waals surface area contributed by atoms with Crippen LogP contribution in [0.5, 0.6) is 0 Å². The molecule has 1 saturated heterocycles. The third-order valence-electron chi connectivity index (χ3n) is 5.60. The normalized spacial score (nSPS) is 13.9. The lowest BCUT2D eigenvalue weighted by Crippen LogP contribution is -2.49. The standard InChI is InChI=1S/C22H24N6O3S/c1-16-5-3-4-6-19(16)21-23-24-22(25(21)2)32-15-20(29)27-13-11-26(12-14-27)17-7-9-18(10-8-17)28(30)31/h3-10H,11-15H2,1-2H3. The number of aryl methyl sites for hydroxylation is 1. The molecule has 0 saturated carbocycles. The number of benzene rings is 2. The van der Waals surface area contributed by atoms with Crippen molar-refractivity contribution < 1.29 is 9.72 Å². The number of nitrogens with zero attached hydrogens (tertiary/aromatic N) is 6. The summed E-state index contributed by atoms with van der Waals surface area (Å²) in [5, 5.41) is 20.1. The molecule has 0 N–H and O–H groups in total. The lowest BCUT2D eigenvalue weighted by molar-refractivity contribution is -0.384. The number of nitro groups is 1. The number of piperazine rings is 1. The predicted molar refractivity (Wildman–Crippen MR) is 124 cm³/mol. The van der Waals surface area contributed by atoms with Crippen molar-refractivity contribution in [2.75, 3.05) is 36.8 Å². The van der Waals surface area contributed by atoms with E-state index in [-0.39, 0.29) is 11.6 Å². The van der Waals surface area contributed by atoms with Crippen LogP contribution in [-0.4, -0.2) is 62.4 Å². The second-order valence-electron chi connectivity index (χ2n) is 7.61. The van der Waals surface area contributed by atoms with E-state index in [2.05, 4.69) is 15.1 Å². The van der Waals surface area contributed by atoms with Crippen LogP contribution in [0.2, 0.25) is 0 Å². The molecule has 0 radical (unpaired) electrons. The van der Waals surface area contributed by atoms with Crippen molar-refractivity contribution in [1.29, 1.82) is 0 Å². The molecule has 9 nitrogen and oxygen atoms in total. The number of non-ortho nitro benzene ring substituents is 1. The van der Waals surface area contributed by atoms with Gasteiger partial charge in [-0.25, -0.2) is 0 Å². The number of anilines is 1. The van der Waals surface area contributed by atoms with Crippen LogP contribution in [0.25, 0.3) is 11.4 Å². The first-order chi connectivity index (χ1) is 15.4. The van der Waals surface area contributed by atoms with E-state index in [1.54, 1.807) is 12.1 Å². The number of nitro benzene ring substituents is 1. The molecule has 1 aliphatic heterocycles. The lowest BCUT2D eigenvalue weighted by Gasteiger charge is -2.36. The molecule has 0 aliphatic carbocycles. The number of amides is 1. The summed E-state index contributed by atoms with van der Waals surface area (Å²) in [6.45, 7) is 4.65. The third-order valence-corrected chi connectivity index (χ3v) is 6.61. The number of rotatable bonds is 6. The molecule has 0 bridgehead atoms. The van der Waals surface area contributed by atoms with Crippen LogP contribution in [0.3, 0.4) is 0 Å². The summed E-state index contributed by atoms with van der Waals surface area (Å²) in [5.74, 6) is 1.16. The molecule has 3 aromatic rings. The van der Waals surface area contributed by atoms with Gasteiger partial charge < -0.3 is 14.4 Å². The smallest absolute Gasteiger partial charge is 0.269 e. The molecule has 1 fully saturated rings. The number of carbonyl (C=O) groups excluding carboxylic acids is 1. The van der Waals surface area contributed by atoms with Crippen molar-refractivity contribution in [2.24, 2.45) is 7.05 Å². The zero-order valence-electron chi connectivity index (χ0n) is 18.0. The fourth-order valence-electron chi connectivity index (χ4n) is 3.72. The number of thioether (sulfide) groups is 1. The van der Waals surface area contributed by atoms with E-state index in [1.807, 2.05) is 47.7 Å². The van der Waals surface area contributed by atoms with E-state index in [0.29, 0.717) is 37.1 Å². The molecule has 1 amide bonds. The van der Waals surface area contributed by atoms with Gasteiger partial charge in [0.15, 0.2) is 11.0 Å². The number of carbonyl (C=O) groups is 1. The van der Waals surface area contributed by atoms with Gasteiger partial charge in [-0.1, -0.05) is 36.0 Å². The van der Waals surface area contributed by atoms with Crippen molar-refractivity contribution in [3.8, 4) is 11.4 Å². The second-order valence-corrected chi connectivity index (χ2v) is 8.55. The Morgan fingerprint density at radius 1 is 1.06 bits per heavy atom. The zero-order valence-corrected chi connectivity index (χ0v) is 18.8. The van der Waals surface area contributed by atoms with Gasteiger partial charge in [-0.05, 0) is 24.6 Å². The quantitative estimate of drug-likeness (QED) is 0.322. The van der Waals surface area contributed by atoms with Crippen LogP contribution in [0, 0.1) is 17.0 Å². The van der Waals surface area contributed by atoms with Crippen LogP contribution in [-0.2, 0) is 11.8 Å². The molecule has 2 aromatic carbocycles. The summed E-state index contributed by atoms with van der Waals surface area (Å²) < 4.78 is 1.92. The Morgan fingerprint density at radius 2 is 1.75 bits per heavy atom. The maximum atomic E-state index is 12.7. The monoisotopic (exact) mass is 452 g/mol. The first-order valence-electron chi connectivity index (χ1n) is 10.3. The van der Waals surface area contributed by atoms with Gasteiger partial charge >= 0.3 is 0 Å². The highest BCUT2D eigenvalue weighted by atomic mass is 32.2. The molecular weight excluding hydrogens is 428 g/mol. The Kier molecular flexibility index (Phi) is 6.40. The first-order valence-corrected chi connectivity index (χ1v) is 11.3. The minimum Gasteiger partial charge on any atom is -0.368 e. The molecule has 10 heteroatoms. The van der Waals surface area contributed by atoms with Gasteiger partial charge in [0.1, 0.15) is 0 Å². The van der Waals surface area contributed by atoms with Crippen LogP contribution in [0.1, 0.15) is 5.56 Å². The highest BCUT2D eigenvalue weighted by Gasteiger charge is 2.23. The molecule has 2 heterocycles. The Hall–Kier alpha value is -3.40. The average Bonchev–Trinajstić information content (AvgIpc) is 3.18. The molecule has 1 aromatic heterocycles. The highest BCUT2D eigenvalue weighted by molar-refractivity contribution is 7.99. The third kappa shape index (κ3) is 4.59. The van der Waals surface area contributed by atoms with Crippen LogP contribution in [0.15, 0.2) is 53.7 Å². The zero-order chi connectivity index (χ0) is 22.7.